The molecule has 252 valence electrons. The number of carbonyl (C=O) groups is 3. The topological polar surface area (TPSA) is 113 Å². The third-order valence-electron chi connectivity index (χ3n) is 9.28. The van der Waals surface area contributed by atoms with Gasteiger partial charge in [0.25, 0.3) is 11.8 Å². The van der Waals surface area contributed by atoms with Gasteiger partial charge in [-0.15, -0.1) is 11.8 Å². The SMILES string of the molecule is C[C@@H]1[C@H](CSc2ccc(C(=O)O)cc2)O[C@H](c2cccc(-c3cccc(CN4C(=O)c5ccccc5C4=O)c3)c2)O[C@@H]1c1ccc(CO)cc1. The Kier molecular flexibility index (Phi) is 9.65. The Morgan fingerprint density at radius 1 is 0.740 bits per heavy atom. The van der Waals surface area contributed by atoms with Gasteiger partial charge in [-0.2, -0.15) is 0 Å². The number of nitrogens with zero attached hydrogens (tertiary/aromatic N) is 1. The number of rotatable bonds is 10. The summed E-state index contributed by atoms with van der Waals surface area (Å²) in [5.74, 6) is -0.927. The lowest BCUT2D eigenvalue weighted by atomic mass is 9.91. The van der Waals surface area contributed by atoms with E-state index < -0.39 is 12.3 Å². The Morgan fingerprint density at radius 3 is 2.06 bits per heavy atom. The predicted molar refractivity (Wildman–Crippen MR) is 190 cm³/mol. The zero-order valence-electron chi connectivity index (χ0n) is 27.3. The molecule has 0 radical (unpaired) electrons. The fourth-order valence-corrected chi connectivity index (χ4v) is 7.53. The van der Waals surface area contributed by atoms with Crippen molar-refractivity contribution in [2.24, 2.45) is 5.92 Å². The molecule has 2 aliphatic rings. The number of hydrogen-bond acceptors (Lipinski definition) is 7. The van der Waals surface area contributed by atoms with Crippen molar-refractivity contribution < 1.29 is 34.1 Å². The van der Waals surface area contributed by atoms with Gasteiger partial charge in [0.1, 0.15) is 0 Å². The van der Waals surface area contributed by atoms with Crippen LogP contribution in [0, 0.1) is 5.92 Å². The van der Waals surface area contributed by atoms with Crippen molar-refractivity contribution in [2.75, 3.05) is 5.75 Å². The summed E-state index contributed by atoms with van der Waals surface area (Å²) in [4.78, 5) is 39.6. The molecular weight excluding hydrogens is 651 g/mol. The number of thioether (sulfide) groups is 1. The molecule has 7 rings (SSSR count). The van der Waals surface area contributed by atoms with Crippen molar-refractivity contribution in [1.82, 2.24) is 4.90 Å². The van der Waals surface area contributed by atoms with Gasteiger partial charge in [0.15, 0.2) is 6.29 Å². The molecule has 0 aromatic heterocycles. The first kappa shape index (κ1) is 33.4. The molecule has 1 saturated heterocycles. The summed E-state index contributed by atoms with van der Waals surface area (Å²) in [5, 5.41) is 18.9. The number of aromatic carboxylic acids is 1. The highest BCUT2D eigenvalue weighted by atomic mass is 32.2. The minimum Gasteiger partial charge on any atom is -0.478 e. The van der Waals surface area contributed by atoms with Crippen LogP contribution in [0.25, 0.3) is 11.1 Å². The molecule has 0 unspecified atom stereocenters. The number of benzene rings is 5. The largest absolute Gasteiger partial charge is 0.478 e. The van der Waals surface area contributed by atoms with Crippen LogP contribution >= 0.6 is 11.8 Å². The zero-order chi connectivity index (χ0) is 34.8. The predicted octanol–water partition coefficient (Wildman–Crippen LogP) is 7.92. The van der Waals surface area contributed by atoms with E-state index >= 15 is 0 Å². The highest BCUT2D eigenvalue weighted by Gasteiger charge is 2.39. The van der Waals surface area contributed by atoms with Gasteiger partial charge in [-0.25, -0.2) is 4.79 Å². The van der Waals surface area contributed by atoms with E-state index in [1.165, 1.54) is 4.90 Å². The number of carbonyl (C=O) groups excluding carboxylic acids is 2. The summed E-state index contributed by atoms with van der Waals surface area (Å²) in [7, 11) is 0. The number of ether oxygens (including phenoxy) is 2. The van der Waals surface area contributed by atoms with E-state index in [0.717, 1.165) is 38.3 Å². The molecule has 1 fully saturated rings. The van der Waals surface area contributed by atoms with Crippen molar-refractivity contribution in [1.29, 1.82) is 0 Å². The Labute approximate surface area is 294 Å². The van der Waals surface area contributed by atoms with E-state index in [9.17, 15) is 24.6 Å². The molecule has 0 bridgehead atoms. The summed E-state index contributed by atoms with van der Waals surface area (Å²) in [5.41, 5.74) is 6.45. The van der Waals surface area contributed by atoms with Gasteiger partial charge in [0.2, 0.25) is 0 Å². The van der Waals surface area contributed by atoms with Crippen LogP contribution in [0.2, 0.25) is 0 Å². The second kappa shape index (κ2) is 14.4. The molecule has 2 N–H and O–H groups in total. The Morgan fingerprint density at radius 2 is 1.40 bits per heavy atom. The summed E-state index contributed by atoms with van der Waals surface area (Å²) in [6.07, 6.45) is -1.16. The number of aliphatic hydroxyl groups is 1. The molecule has 2 amide bonds. The molecule has 0 saturated carbocycles. The minimum absolute atomic E-state index is 0.0148. The molecule has 5 aromatic rings. The average Bonchev–Trinajstić information content (AvgIpc) is 3.39. The molecule has 8 nitrogen and oxygen atoms in total. The molecule has 2 heterocycles. The Hall–Kier alpha value is -5.06. The van der Waals surface area contributed by atoms with Crippen LogP contribution in [0.4, 0.5) is 0 Å². The second-order valence-corrected chi connectivity index (χ2v) is 13.6. The lowest BCUT2D eigenvalue weighted by molar-refractivity contribution is -0.268. The number of carboxylic acid groups (broad SMARTS) is 1. The van der Waals surface area contributed by atoms with Gasteiger partial charge in [0, 0.05) is 22.1 Å². The summed E-state index contributed by atoms with van der Waals surface area (Å²) >= 11 is 1.60. The van der Waals surface area contributed by atoms with Gasteiger partial charge in [-0.05, 0) is 76.3 Å². The molecule has 4 atom stereocenters. The van der Waals surface area contributed by atoms with Crippen LogP contribution in [-0.2, 0) is 22.6 Å². The highest BCUT2D eigenvalue weighted by Crippen LogP contribution is 2.43. The first-order chi connectivity index (χ1) is 24.3. The average molecular weight is 686 g/mol. The van der Waals surface area contributed by atoms with Crippen molar-refractivity contribution in [2.45, 2.75) is 43.5 Å². The van der Waals surface area contributed by atoms with E-state index in [0.29, 0.717) is 16.9 Å². The maximum atomic E-state index is 13.0. The number of imide groups is 1. The van der Waals surface area contributed by atoms with E-state index in [4.69, 9.17) is 9.47 Å². The van der Waals surface area contributed by atoms with E-state index in [1.807, 2.05) is 84.9 Å². The number of carboxylic acids is 1. The normalized spacial score (nSPS) is 20.2. The molecular formula is C41H35NO7S. The van der Waals surface area contributed by atoms with Gasteiger partial charge in [0.05, 0.1) is 42.0 Å². The number of fused-ring (bicyclic) bond motifs is 1. The molecule has 0 spiro atoms. The first-order valence-corrected chi connectivity index (χ1v) is 17.4. The van der Waals surface area contributed by atoms with Crippen LogP contribution < -0.4 is 0 Å². The third-order valence-corrected chi connectivity index (χ3v) is 10.4. The number of aliphatic hydroxyl groups excluding tert-OH is 1. The maximum absolute atomic E-state index is 13.0. The second-order valence-electron chi connectivity index (χ2n) is 12.5. The van der Waals surface area contributed by atoms with Gasteiger partial charge in [-0.1, -0.05) is 79.7 Å². The van der Waals surface area contributed by atoms with Gasteiger partial charge in [-0.3, -0.25) is 14.5 Å². The van der Waals surface area contributed by atoms with Crippen LogP contribution in [0.1, 0.15) is 72.6 Å². The smallest absolute Gasteiger partial charge is 0.335 e. The van der Waals surface area contributed by atoms with Crippen molar-refractivity contribution in [3.8, 4) is 11.1 Å². The van der Waals surface area contributed by atoms with Crippen molar-refractivity contribution in [3.05, 3.63) is 160 Å². The zero-order valence-corrected chi connectivity index (χ0v) is 28.1. The first-order valence-electron chi connectivity index (χ1n) is 16.4. The fraction of sp³-hybridized carbons (Fsp3) is 0.195. The van der Waals surface area contributed by atoms with Crippen molar-refractivity contribution >= 4 is 29.5 Å². The van der Waals surface area contributed by atoms with Gasteiger partial charge < -0.3 is 19.7 Å². The van der Waals surface area contributed by atoms with Crippen LogP contribution in [-0.4, -0.2) is 44.8 Å². The van der Waals surface area contributed by atoms with E-state index in [2.05, 4.69) is 6.92 Å². The summed E-state index contributed by atoms with van der Waals surface area (Å²) < 4.78 is 13.3. The van der Waals surface area contributed by atoms with Crippen LogP contribution in [0.15, 0.2) is 126 Å². The molecule has 5 aromatic carbocycles. The van der Waals surface area contributed by atoms with E-state index in [-0.39, 0.29) is 48.7 Å². The standard InChI is InChI=1S/C41H35NO7S/c1-25-36(24-50-33-18-16-29(17-19-33)40(46)47)48-41(49-37(25)28-14-12-26(23-43)13-15-28)32-9-5-8-31(21-32)30-7-4-6-27(20-30)22-42-38(44)34-10-2-3-11-35(34)39(42)45/h2-21,25,36-37,41,43H,22-24H2,1H3,(H,46,47)/t25-,36+,37+,41+/m1/s1. The summed E-state index contributed by atoms with van der Waals surface area (Å²) in [6, 6.07) is 37.3. The molecule has 50 heavy (non-hydrogen) atoms. The monoisotopic (exact) mass is 685 g/mol. The quantitative estimate of drug-likeness (QED) is 0.113. The highest BCUT2D eigenvalue weighted by molar-refractivity contribution is 7.99. The lowest BCUT2D eigenvalue weighted by Crippen LogP contribution is -2.38. The fourth-order valence-electron chi connectivity index (χ4n) is 6.46. The van der Waals surface area contributed by atoms with Gasteiger partial charge >= 0.3 is 5.97 Å². The Bertz CT molecular complexity index is 2010. The number of amides is 2. The number of hydrogen-bond donors (Lipinski definition) is 2. The summed E-state index contributed by atoms with van der Waals surface area (Å²) in [6.45, 7) is 2.23. The van der Waals surface area contributed by atoms with Crippen molar-refractivity contribution in [3.63, 3.8) is 0 Å². The van der Waals surface area contributed by atoms with Crippen LogP contribution in [0.5, 0.6) is 0 Å². The molecule has 2 aliphatic heterocycles. The van der Waals surface area contributed by atoms with Crippen LogP contribution in [0.3, 0.4) is 0 Å². The maximum Gasteiger partial charge on any atom is 0.335 e. The minimum atomic E-state index is -0.961. The lowest BCUT2D eigenvalue weighted by Gasteiger charge is -2.41. The molecule has 0 aliphatic carbocycles. The van der Waals surface area contributed by atoms with E-state index in [1.54, 1.807) is 48.2 Å². The third kappa shape index (κ3) is 6.86. The molecule has 9 heteroatoms. The Balaban J connectivity index is 1.13.